The SMILES string of the molecule is CCn1cc(-c2cccc(C(F)(F)F)c2)c(=O)n1-c1cccc(F)c1. The largest absolute Gasteiger partial charge is 0.416 e. The molecule has 0 N–H and O–H groups in total. The lowest BCUT2D eigenvalue weighted by atomic mass is 10.1. The molecule has 0 amide bonds. The van der Waals surface area contributed by atoms with Crippen LogP contribution in [0.4, 0.5) is 17.6 Å². The second-order valence-electron chi connectivity index (χ2n) is 5.47. The minimum absolute atomic E-state index is 0.122. The van der Waals surface area contributed by atoms with Gasteiger partial charge < -0.3 is 0 Å². The topological polar surface area (TPSA) is 26.9 Å². The lowest BCUT2D eigenvalue weighted by molar-refractivity contribution is -0.137. The molecule has 2 aromatic carbocycles. The van der Waals surface area contributed by atoms with Gasteiger partial charge in [-0.1, -0.05) is 18.2 Å². The van der Waals surface area contributed by atoms with Crippen LogP contribution in [-0.4, -0.2) is 9.36 Å². The molecular weight excluding hydrogens is 336 g/mol. The molecule has 3 aromatic rings. The summed E-state index contributed by atoms with van der Waals surface area (Å²) in [5, 5.41) is 0. The molecule has 130 valence electrons. The van der Waals surface area contributed by atoms with E-state index in [1.807, 2.05) is 0 Å². The zero-order valence-corrected chi connectivity index (χ0v) is 13.2. The maximum absolute atomic E-state index is 13.5. The van der Waals surface area contributed by atoms with Crippen LogP contribution in [0.15, 0.2) is 59.5 Å². The van der Waals surface area contributed by atoms with Crippen LogP contribution >= 0.6 is 0 Å². The number of aromatic nitrogens is 2. The smallest absolute Gasteiger partial charge is 0.285 e. The van der Waals surface area contributed by atoms with Gasteiger partial charge in [0.1, 0.15) is 5.82 Å². The number of benzene rings is 2. The van der Waals surface area contributed by atoms with Crippen molar-refractivity contribution in [2.75, 3.05) is 0 Å². The molecule has 3 nitrogen and oxygen atoms in total. The summed E-state index contributed by atoms with van der Waals surface area (Å²) in [5.41, 5.74) is -0.739. The van der Waals surface area contributed by atoms with E-state index in [0.29, 0.717) is 12.2 Å². The Bertz CT molecular complexity index is 970. The van der Waals surface area contributed by atoms with E-state index in [1.54, 1.807) is 13.0 Å². The van der Waals surface area contributed by atoms with E-state index >= 15 is 0 Å². The van der Waals surface area contributed by atoms with Crippen LogP contribution < -0.4 is 5.56 Å². The van der Waals surface area contributed by atoms with Gasteiger partial charge >= 0.3 is 6.18 Å². The number of nitrogens with zero attached hydrogens (tertiary/aromatic N) is 2. The fourth-order valence-corrected chi connectivity index (χ4v) is 2.66. The highest BCUT2D eigenvalue weighted by molar-refractivity contribution is 5.63. The molecule has 25 heavy (non-hydrogen) atoms. The van der Waals surface area contributed by atoms with E-state index in [9.17, 15) is 22.4 Å². The molecule has 0 radical (unpaired) electrons. The van der Waals surface area contributed by atoms with Gasteiger partial charge in [-0.3, -0.25) is 9.48 Å². The van der Waals surface area contributed by atoms with E-state index in [0.717, 1.165) is 12.1 Å². The van der Waals surface area contributed by atoms with Crippen molar-refractivity contribution in [1.29, 1.82) is 0 Å². The van der Waals surface area contributed by atoms with Gasteiger partial charge in [-0.05, 0) is 42.8 Å². The van der Waals surface area contributed by atoms with Crippen molar-refractivity contribution in [3.8, 4) is 16.8 Å². The Morgan fingerprint density at radius 3 is 2.40 bits per heavy atom. The van der Waals surface area contributed by atoms with Crippen LogP contribution in [0.3, 0.4) is 0 Å². The normalized spacial score (nSPS) is 11.7. The van der Waals surface area contributed by atoms with E-state index in [1.165, 1.54) is 45.9 Å². The summed E-state index contributed by atoms with van der Waals surface area (Å²) in [6.45, 7) is 2.18. The Morgan fingerprint density at radius 1 is 1.04 bits per heavy atom. The molecule has 1 heterocycles. The fourth-order valence-electron chi connectivity index (χ4n) is 2.66. The summed E-state index contributed by atoms with van der Waals surface area (Å²) in [4.78, 5) is 12.8. The summed E-state index contributed by atoms with van der Waals surface area (Å²) in [6, 6.07) is 10.1. The van der Waals surface area contributed by atoms with Gasteiger partial charge in [-0.2, -0.15) is 13.2 Å². The van der Waals surface area contributed by atoms with Crippen molar-refractivity contribution in [3.05, 3.63) is 76.5 Å². The Labute approximate surface area is 140 Å². The zero-order chi connectivity index (χ0) is 18.2. The highest BCUT2D eigenvalue weighted by Crippen LogP contribution is 2.31. The van der Waals surface area contributed by atoms with Crippen molar-refractivity contribution in [2.45, 2.75) is 19.6 Å². The molecule has 0 aliphatic rings. The number of rotatable bonds is 3. The van der Waals surface area contributed by atoms with Crippen LogP contribution in [0, 0.1) is 5.82 Å². The van der Waals surface area contributed by atoms with Crippen molar-refractivity contribution in [3.63, 3.8) is 0 Å². The molecule has 0 saturated heterocycles. The molecule has 0 saturated carbocycles. The van der Waals surface area contributed by atoms with Gasteiger partial charge in [0.25, 0.3) is 5.56 Å². The third-order valence-corrected chi connectivity index (χ3v) is 3.84. The van der Waals surface area contributed by atoms with Gasteiger partial charge in [-0.15, -0.1) is 0 Å². The summed E-state index contributed by atoms with van der Waals surface area (Å²) < 4.78 is 55.0. The van der Waals surface area contributed by atoms with Gasteiger partial charge in [0, 0.05) is 12.7 Å². The zero-order valence-electron chi connectivity index (χ0n) is 13.2. The number of halogens is 4. The monoisotopic (exact) mass is 350 g/mol. The predicted molar refractivity (Wildman–Crippen MR) is 86.1 cm³/mol. The van der Waals surface area contributed by atoms with Gasteiger partial charge in [-0.25, -0.2) is 9.07 Å². The van der Waals surface area contributed by atoms with Crippen LogP contribution in [0.25, 0.3) is 16.8 Å². The number of aryl methyl sites for hydroxylation is 1. The molecule has 0 atom stereocenters. The molecule has 0 aliphatic carbocycles. The second kappa shape index (κ2) is 6.23. The third-order valence-electron chi connectivity index (χ3n) is 3.84. The second-order valence-corrected chi connectivity index (χ2v) is 5.47. The first-order valence-electron chi connectivity index (χ1n) is 7.57. The lowest BCUT2D eigenvalue weighted by Crippen LogP contribution is -2.21. The quantitative estimate of drug-likeness (QED) is 0.640. The van der Waals surface area contributed by atoms with Crippen LogP contribution in [0.1, 0.15) is 12.5 Å². The number of hydrogen-bond donors (Lipinski definition) is 0. The van der Waals surface area contributed by atoms with Crippen molar-refractivity contribution in [1.82, 2.24) is 9.36 Å². The maximum Gasteiger partial charge on any atom is 0.416 e. The Kier molecular flexibility index (Phi) is 4.24. The van der Waals surface area contributed by atoms with Crippen molar-refractivity contribution < 1.29 is 17.6 Å². The van der Waals surface area contributed by atoms with Crippen LogP contribution in [0.5, 0.6) is 0 Å². The molecule has 0 aliphatic heterocycles. The summed E-state index contributed by atoms with van der Waals surface area (Å²) in [5.74, 6) is -0.506. The Balaban J connectivity index is 2.19. The van der Waals surface area contributed by atoms with E-state index in [4.69, 9.17) is 0 Å². The number of alkyl halides is 3. The first kappa shape index (κ1) is 17.0. The first-order chi connectivity index (χ1) is 11.8. The molecular formula is C18H14F4N2O. The maximum atomic E-state index is 13.5. The van der Waals surface area contributed by atoms with Crippen molar-refractivity contribution in [2.24, 2.45) is 0 Å². The van der Waals surface area contributed by atoms with Crippen molar-refractivity contribution >= 4 is 0 Å². The third kappa shape index (κ3) is 3.22. The van der Waals surface area contributed by atoms with Gasteiger partial charge in [0.05, 0.1) is 16.8 Å². The Hall–Kier alpha value is -2.83. The van der Waals surface area contributed by atoms with Crippen LogP contribution in [0.2, 0.25) is 0 Å². The van der Waals surface area contributed by atoms with Gasteiger partial charge in [0.15, 0.2) is 0 Å². The molecule has 7 heteroatoms. The minimum Gasteiger partial charge on any atom is -0.285 e. The predicted octanol–water partition coefficient (Wildman–Crippen LogP) is 4.48. The highest BCUT2D eigenvalue weighted by Gasteiger charge is 2.30. The van der Waals surface area contributed by atoms with E-state index in [2.05, 4.69) is 0 Å². The van der Waals surface area contributed by atoms with Gasteiger partial charge in [0.2, 0.25) is 0 Å². The lowest BCUT2D eigenvalue weighted by Gasteiger charge is -2.09. The molecule has 3 rings (SSSR count). The minimum atomic E-state index is -4.50. The van der Waals surface area contributed by atoms with E-state index in [-0.39, 0.29) is 11.1 Å². The average Bonchev–Trinajstić information content (AvgIpc) is 2.91. The summed E-state index contributed by atoms with van der Waals surface area (Å²) in [6.07, 6.45) is -3.02. The molecule has 0 spiro atoms. The average molecular weight is 350 g/mol. The summed E-state index contributed by atoms with van der Waals surface area (Å²) in [7, 11) is 0. The Morgan fingerprint density at radius 2 is 1.76 bits per heavy atom. The summed E-state index contributed by atoms with van der Waals surface area (Å²) >= 11 is 0. The molecule has 0 fully saturated rings. The van der Waals surface area contributed by atoms with E-state index < -0.39 is 23.1 Å². The highest BCUT2D eigenvalue weighted by atomic mass is 19.4. The molecule has 1 aromatic heterocycles. The number of hydrogen-bond acceptors (Lipinski definition) is 1. The standard InChI is InChI=1S/C18H14F4N2O/c1-2-23-11-16(12-5-3-6-13(9-12)18(20,21)22)17(25)24(23)15-8-4-7-14(19)10-15/h3-11H,2H2,1H3. The van der Waals surface area contributed by atoms with Crippen LogP contribution in [-0.2, 0) is 12.7 Å². The first-order valence-corrected chi connectivity index (χ1v) is 7.57. The molecule has 0 unspecified atom stereocenters. The fraction of sp³-hybridized carbons (Fsp3) is 0.167. The molecule has 0 bridgehead atoms.